The first-order valence-corrected chi connectivity index (χ1v) is 24.3. The minimum Gasteiger partial charge on any atom is -0.508 e. The van der Waals surface area contributed by atoms with Crippen molar-refractivity contribution in [3.05, 3.63) is 101 Å². The summed E-state index contributed by atoms with van der Waals surface area (Å²) < 4.78 is 0. The molecule has 20 nitrogen and oxygen atoms in total. The van der Waals surface area contributed by atoms with Crippen LogP contribution in [0.1, 0.15) is 115 Å². The summed E-state index contributed by atoms with van der Waals surface area (Å²) in [5.74, 6) is -10.1. The van der Waals surface area contributed by atoms with Crippen molar-refractivity contribution < 1.29 is 63.3 Å². The maximum absolute atomic E-state index is 14.9. The summed E-state index contributed by atoms with van der Waals surface area (Å²) in [5.41, 5.74) is 6.42. The van der Waals surface area contributed by atoms with E-state index in [0.717, 1.165) is 5.56 Å². The zero-order valence-corrected chi connectivity index (χ0v) is 42.5. The van der Waals surface area contributed by atoms with Gasteiger partial charge in [-0.15, -0.1) is 0 Å². The maximum Gasteiger partial charge on any atom is 0.305 e. The van der Waals surface area contributed by atoms with Crippen molar-refractivity contribution in [1.82, 2.24) is 31.9 Å². The molecule has 0 spiro atoms. The molecule has 0 saturated heterocycles. The van der Waals surface area contributed by atoms with Gasteiger partial charge in [0.1, 0.15) is 23.9 Å². The third-order valence-corrected chi connectivity index (χ3v) is 11.9. The van der Waals surface area contributed by atoms with E-state index in [1.165, 1.54) is 24.3 Å². The highest BCUT2D eigenvalue weighted by Crippen LogP contribution is 2.23. The van der Waals surface area contributed by atoms with E-state index in [0.29, 0.717) is 24.0 Å². The number of phenols is 1. The zero-order valence-electron chi connectivity index (χ0n) is 42.5. The third kappa shape index (κ3) is 19.9. The number of carbonyl (C=O) groups is 10. The number of rotatable bonds is 30. The first-order valence-electron chi connectivity index (χ1n) is 24.3. The van der Waals surface area contributed by atoms with Crippen LogP contribution in [0, 0.1) is 18.3 Å². The summed E-state index contributed by atoms with van der Waals surface area (Å²) in [4.78, 5) is 133. The van der Waals surface area contributed by atoms with Crippen LogP contribution >= 0.6 is 0 Å². The highest BCUT2D eigenvalue weighted by atomic mass is 16.4. The Bertz CT molecular complexity index is 2420. The van der Waals surface area contributed by atoms with E-state index in [2.05, 4.69) is 31.9 Å². The van der Waals surface area contributed by atoms with Crippen LogP contribution in [0.25, 0.3) is 0 Å². The van der Waals surface area contributed by atoms with Gasteiger partial charge in [-0.05, 0) is 71.9 Å². The van der Waals surface area contributed by atoms with E-state index < -0.39 is 126 Å². The second-order valence-electron chi connectivity index (χ2n) is 19.6. The van der Waals surface area contributed by atoms with E-state index >= 15 is 0 Å². The lowest BCUT2D eigenvalue weighted by Gasteiger charge is -2.34. The summed E-state index contributed by atoms with van der Waals surface area (Å²) in [6.07, 6.45) is -0.929. The number of benzene rings is 3. The Kier molecular flexibility index (Phi) is 23.4. The number of hydrogen-bond donors (Lipinski definition) is 10. The molecule has 73 heavy (non-hydrogen) atoms. The van der Waals surface area contributed by atoms with Crippen molar-refractivity contribution in [3.8, 4) is 5.75 Å². The Hall–Kier alpha value is -7.48. The second-order valence-corrected chi connectivity index (χ2v) is 19.6. The van der Waals surface area contributed by atoms with Crippen LogP contribution in [0.4, 0.5) is 0 Å². The highest BCUT2D eigenvalue weighted by molar-refractivity contribution is 6.37. The van der Waals surface area contributed by atoms with Gasteiger partial charge in [0, 0.05) is 12.8 Å². The van der Waals surface area contributed by atoms with Gasteiger partial charge in [-0.3, -0.25) is 53.3 Å². The van der Waals surface area contributed by atoms with Crippen LogP contribution < -0.4 is 37.6 Å². The molecule has 0 aliphatic carbocycles. The molecule has 0 fully saturated rings. The summed E-state index contributed by atoms with van der Waals surface area (Å²) in [6.45, 7) is 12.3. The van der Waals surface area contributed by atoms with E-state index in [1.54, 1.807) is 82.3 Å². The summed E-state index contributed by atoms with van der Waals surface area (Å²) in [7, 11) is 0. The maximum atomic E-state index is 14.9. The number of nitrogens with one attached hydrogen (secondary N) is 6. The summed E-state index contributed by atoms with van der Waals surface area (Å²) in [5, 5.41) is 45.4. The van der Waals surface area contributed by atoms with Gasteiger partial charge in [0.05, 0.1) is 37.0 Å². The first-order chi connectivity index (χ1) is 34.3. The molecule has 396 valence electrons. The number of aromatic hydroxyl groups is 1. The molecular weight excluding hydrogens is 943 g/mol. The lowest BCUT2D eigenvalue weighted by molar-refractivity contribution is -0.142. The van der Waals surface area contributed by atoms with Crippen molar-refractivity contribution in [1.29, 1.82) is 0 Å². The fraction of sp³-hybridized carbons (Fsp3) is 0.472. The number of phenolic OH excluding ortho intramolecular Hbond substituents is 1. The predicted octanol–water partition coefficient (Wildman–Crippen LogP) is 2.85. The molecule has 0 bridgehead atoms. The molecule has 0 aliphatic rings. The number of amides is 6. The highest BCUT2D eigenvalue weighted by Gasteiger charge is 2.39. The molecule has 6 amide bonds. The average Bonchev–Trinajstić information content (AvgIpc) is 3.32. The van der Waals surface area contributed by atoms with Crippen molar-refractivity contribution in [2.45, 2.75) is 149 Å². The molecule has 3 rings (SSSR count). The van der Waals surface area contributed by atoms with Crippen molar-refractivity contribution in [2.75, 3.05) is 0 Å². The number of aliphatic carboxylic acids is 2. The van der Waals surface area contributed by atoms with Gasteiger partial charge in [-0.2, -0.15) is 0 Å². The number of hydrogen-bond acceptors (Lipinski definition) is 12. The molecule has 1 unspecified atom stereocenters. The number of ketones is 2. The van der Waals surface area contributed by atoms with Crippen LogP contribution in [0.3, 0.4) is 0 Å². The van der Waals surface area contributed by atoms with Gasteiger partial charge in [-0.25, -0.2) is 0 Å². The normalized spacial score (nSPS) is 14.2. The van der Waals surface area contributed by atoms with Gasteiger partial charge >= 0.3 is 11.9 Å². The summed E-state index contributed by atoms with van der Waals surface area (Å²) >= 11 is 0. The number of unbranched alkanes of at least 4 members (excludes halogenated alkanes) is 1. The Labute approximate surface area is 425 Å². The first kappa shape index (κ1) is 59.8. The molecule has 3 aromatic carbocycles. The molecule has 7 atom stereocenters. The molecule has 3 aromatic rings. The van der Waals surface area contributed by atoms with Crippen molar-refractivity contribution >= 4 is 58.9 Å². The van der Waals surface area contributed by atoms with Gasteiger partial charge in [0.2, 0.25) is 35.3 Å². The van der Waals surface area contributed by atoms with E-state index in [4.69, 9.17) is 10.8 Å². The number of carbonyl (C=O) groups excluding carboxylic acids is 8. The second kappa shape index (κ2) is 28.5. The molecule has 11 N–H and O–H groups in total. The van der Waals surface area contributed by atoms with Crippen molar-refractivity contribution in [2.24, 2.45) is 17.1 Å². The quantitative estimate of drug-likeness (QED) is 0.0430. The number of carboxylic acid groups (broad SMARTS) is 2. The number of carboxylic acids is 2. The van der Waals surface area contributed by atoms with E-state index in [-0.39, 0.29) is 42.9 Å². The van der Waals surface area contributed by atoms with Gasteiger partial charge in [0.25, 0.3) is 5.91 Å². The summed E-state index contributed by atoms with van der Waals surface area (Å²) in [6, 6.07) is 11.1. The molecule has 0 heterocycles. The Morgan fingerprint density at radius 3 is 1.77 bits per heavy atom. The Morgan fingerprint density at radius 2 is 1.21 bits per heavy atom. The van der Waals surface area contributed by atoms with E-state index in [1.807, 2.05) is 20.8 Å². The van der Waals surface area contributed by atoms with Crippen LogP contribution in [0.2, 0.25) is 0 Å². The average molecular weight is 1010 g/mol. The van der Waals surface area contributed by atoms with Crippen molar-refractivity contribution in [3.63, 3.8) is 0 Å². The van der Waals surface area contributed by atoms with Gasteiger partial charge in [0.15, 0.2) is 5.78 Å². The molecular formula is C53H71N7O13. The monoisotopic (exact) mass is 1010 g/mol. The largest absolute Gasteiger partial charge is 0.508 e. The topological polar surface area (TPSA) is 330 Å². The lowest BCUT2D eigenvalue weighted by Crippen LogP contribution is -2.62. The SMILES string of the molecule is CCCC[C@H](NC(=O)[C@H](CC(C)C)NC(=O)[C@@H](NC(=O)[C@H](Cc1ccccc1C)NC(=O)[C@@H](Cc1ccc(O)cc1)NC(C(=O)[C@@H](CC(=O)O)NC(=O)CCC(=O)O)c1ccccc1)C(C)(C)C)C(=O)C(N)=O. The number of aryl methyl sites for hydroxylation is 1. The van der Waals surface area contributed by atoms with Crippen LogP contribution in [0.5, 0.6) is 5.75 Å². The standard InChI is InChI=1S/C53H71N7O13/c1-8-9-19-36(46(68)48(54)69)57-49(70)38(26-30(2)3)59-52(73)47(53(5,6)7)60-51(72)40(28-34-18-14-13-15-31(34)4)58-50(71)39(27-32-20-22-35(61)23-21-32)56-44(33-16-11-10-12-17-33)45(67)37(29-43(65)66)55-41(62)24-25-42(63)64/h10-18,20-23,30,36-40,44,47,56,61H,8-9,19,24-29H2,1-7H3,(H2,54,69)(H,55,62)(H,57,70)(H,58,71)(H,59,73)(H,60,72)(H,63,64)(H,65,66)/t36-,37+,38-,39+,40-,44?,47+/m0/s1. The number of Topliss-reactive ketones (excluding diaryl/α,β-unsaturated/α-hetero) is 2. The number of nitrogens with two attached hydrogens (primary N) is 1. The molecule has 0 aromatic heterocycles. The predicted molar refractivity (Wildman–Crippen MR) is 269 cm³/mol. The lowest BCUT2D eigenvalue weighted by atomic mass is 9.85. The van der Waals surface area contributed by atoms with Gasteiger partial charge < -0.3 is 47.6 Å². The van der Waals surface area contributed by atoms with Crippen LogP contribution in [0.15, 0.2) is 78.9 Å². The Balaban J connectivity index is 2.11. The smallest absolute Gasteiger partial charge is 0.305 e. The zero-order chi connectivity index (χ0) is 54.6. The third-order valence-electron chi connectivity index (χ3n) is 11.9. The van der Waals surface area contributed by atoms with E-state index in [9.17, 15) is 58.2 Å². The fourth-order valence-electron chi connectivity index (χ4n) is 7.91. The minimum absolute atomic E-state index is 0.0804. The number of primary amides is 1. The molecule has 20 heteroatoms. The fourth-order valence-corrected chi connectivity index (χ4v) is 7.91. The van der Waals surface area contributed by atoms with Gasteiger partial charge in [-0.1, -0.05) is 121 Å². The molecule has 0 saturated carbocycles. The minimum atomic E-state index is -1.69. The molecule has 0 radical (unpaired) electrons. The van der Waals surface area contributed by atoms with Crippen LogP contribution in [-0.4, -0.2) is 111 Å². The van der Waals surface area contributed by atoms with Crippen LogP contribution in [-0.2, 0) is 60.8 Å². The Morgan fingerprint density at radius 1 is 0.630 bits per heavy atom. The molecule has 0 aliphatic heterocycles.